The Morgan fingerprint density at radius 1 is 0.939 bits per heavy atom. The number of ether oxygens (including phenoxy) is 1. The fourth-order valence-electron chi connectivity index (χ4n) is 3.91. The van der Waals surface area contributed by atoms with Gasteiger partial charge in [0.1, 0.15) is 11.0 Å². The van der Waals surface area contributed by atoms with Crippen LogP contribution in [0.25, 0.3) is 0 Å². The fourth-order valence-corrected chi connectivity index (χ4v) is 5.56. The second kappa shape index (κ2) is 9.13. The number of amides is 1. The summed E-state index contributed by atoms with van der Waals surface area (Å²) < 4.78 is 30.8. The molecule has 0 radical (unpaired) electrons. The molecule has 1 heterocycles. The first-order valence-electron chi connectivity index (χ1n) is 11.5. The van der Waals surface area contributed by atoms with Gasteiger partial charge in [0, 0.05) is 19.5 Å². The van der Waals surface area contributed by atoms with Crippen LogP contribution in [0.3, 0.4) is 0 Å². The maximum absolute atomic E-state index is 12.8. The summed E-state index contributed by atoms with van der Waals surface area (Å²) in [5, 5.41) is -0.549. The lowest BCUT2D eigenvalue weighted by atomic mass is 9.79. The highest BCUT2D eigenvalue weighted by molar-refractivity contribution is 7.92. The molecule has 1 aliphatic heterocycles. The first-order chi connectivity index (χ1) is 15.2. The lowest BCUT2D eigenvalue weighted by Crippen LogP contribution is -2.56. The zero-order valence-corrected chi connectivity index (χ0v) is 21.8. The summed E-state index contributed by atoms with van der Waals surface area (Å²) in [5.74, 6) is 0.624. The summed E-state index contributed by atoms with van der Waals surface area (Å²) in [7, 11) is -1.91. The van der Waals surface area contributed by atoms with Crippen LogP contribution < -0.4 is 4.74 Å². The van der Waals surface area contributed by atoms with Gasteiger partial charge in [0.2, 0.25) is 5.91 Å². The van der Waals surface area contributed by atoms with E-state index < -0.39 is 15.1 Å². The van der Waals surface area contributed by atoms with Gasteiger partial charge in [-0.1, -0.05) is 59.7 Å². The molecule has 6 heteroatoms. The average Bonchev–Trinajstić information content (AvgIpc) is 2.69. The number of nitrogens with zero attached hydrogens (tertiary/aromatic N) is 1. The van der Waals surface area contributed by atoms with E-state index in [2.05, 4.69) is 59.7 Å². The van der Waals surface area contributed by atoms with Crippen molar-refractivity contribution in [1.29, 1.82) is 0 Å². The van der Waals surface area contributed by atoms with Crippen LogP contribution in [-0.4, -0.2) is 44.7 Å². The molecule has 2 aromatic rings. The van der Waals surface area contributed by atoms with Gasteiger partial charge in [0.05, 0.1) is 12.0 Å². The molecule has 1 fully saturated rings. The molecule has 0 aliphatic carbocycles. The SMILES string of the molecule is COc1ccc(S(=O)(=O)C2CN(C(=O)CCc3cc(C(C)(C)C)cc(C(C)(C)C)c3)C2)cc1. The molecule has 2 aromatic carbocycles. The number of hydrogen-bond donors (Lipinski definition) is 0. The predicted molar refractivity (Wildman–Crippen MR) is 133 cm³/mol. The van der Waals surface area contributed by atoms with E-state index in [-0.39, 0.29) is 34.7 Å². The van der Waals surface area contributed by atoms with Crippen molar-refractivity contribution in [3.8, 4) is 5.75 Å². The van der Waals surface area contributed by atoms with Crippen molar-refractivity contribution in [2.75, 3.05) is 20.2 Å². The minimum Gasteiger partial charge on any atom is -0.497 e. The third-order valence-electron chi connectivity index (χ3n) is 6.38. The number of carbonyl (C=O) groups excluding carboxylic acids is 1. The topological polar surface area (TPSA) is 63.7 Å². The van der Waals surface area contributed by atoms with Crippen LogP contribution in [0.5, 0.6) is 5.75 Å². The second-order valence-electron chi connectivity index (χ2n) is 11.1. The monoisotopic (exact) mass is 471 g/mol. The number of aryl methyl sites for hydroxylation is 1. The average molecular weight is 472 g/mol. The van der Waals surface area contributed by atoms with Gasteiger partial charge in [-0.05, 0) is 58.2 Å². The van der Waals surface area contributed by atoms with E-state index in [4.69, 9.17) is 4.74 Å². The molecule has 1 amide bonds. The molecule has 0 saturated carbocycles. The highest BCUT2D eigenvalue weighted by atomic mass is 32.2. The van der Waals surface area contributed by atoms with E-state index in [1.807, 2.05) is 0 Å². The van der Waals surface area contributed by atoms with Crippen molar-refractivity contribution >= 4 is 15.7 Å². The van der Waals surface area contributed by atoms with Crippen LogP contribution in [0.1, 0.15) is 64.7 Å². The summed E-state index contributed by atoms with van der Waals surface area (Å²) in [6, 6.07) is 13.1. The molecular formula is C27H37NO4S. The molecule has 0 spiro atoms. The van der Waals surface area contributed by atoms with Crippen molar-refractivity contribution in [1.82, 2.24) is 4.90 Å². The van der Waals surface area contributed by atoms with Gasteiger partial charge >= 0.3 is 0 Å². The third kappa shape index (κ3) is 5.78. The number of likely N-dealkylation sites (tertiary alicyclic amines) is 1. The van der Waals surface area contributed by atoms with Gasteiger partial charge in [0.25, 0.3) is 0 Å². The third-order valence-corrected chi connectivity index (χ3v) is 8.48. The number of methoxy groups -OCH3 is 1. The molecule has 0 aromatic heterocycles. The summed E-state index contributed by atoms with van der Waals surface area (Å²) in [4.78, 5) is 14.7. The van der Waals surface area contributed by atoms with Gasteiger partial charge in [-0.2, -0.15) is 0 Å². The van der Waals surface area contributed by atoms with E-state index in [0.29, 0.717) is 18.6 Å². The summed E-state index contributed by atoms with van der Waals surface area (Å²) in [5.41, 5.74) is 3.75. The Bertz CT molecular complexity index is 1070. The summed E-state index contributed by atoms with van der Waals surface area (Å²) in [6.07, 6.45) is 1.03. The Kier molecular flexibility index (Phi) is 6.99. The van der Waals surface area contributed by atoms with Crippen molar-refractivity contribution < 1.29 is 17.9 Å². The van der Waals surface area contributed by atoms with Crippen LogP contribution in [0.15, 0.2) is 47.4 Å². The van der Waals surface area contributed by atoms with Crippen LogP contribution >= 0.6 is 0 Å². The number of sulfone groups is 1. The summed E-state index contributed by atoms with van der Waals surface area (Å²) >= 11 is 0. The van der Waals surface area contributed by atoms with E-state index in [1.54, 1.807) is 36.3 Å². The molecule has 5 nitrogen and oxygen atoms in total. The van der Waals surface area contributed by atoms with Gasteiger partial charge in [-0.3, -0.25) is 4.79 Å². The summed E-state index contributed by atoms with van der Waals surface area (Å²) in [6.45, 7) is 13.7. The van der Waals surface area contributed by atoms with Crippen molar-refractivity contribution in [3.63, 3.8) is 0 Å². The molecular weight excluding hydrogens is 434 g/mol. The Hall–Kier alpha value is -2.34. The zero-order valence-electron chi connectivity index (χ0n) is 20.9. The normalized spacial score (nSPS) is 15.3. The number of hydrogen-bond acceptors (Lipinski definition) is 4. The van der Waals surface area contributed by atoms with Gasteiger partial charge < -0.3 is 9.64 Å². The maximum Gasteiger partial charge on any atom is 0.222 e. The Morgan fingerprint density at radius 2 is 1.45 bits per heavy atom. The van der Waals surface area contributed by atoms with Gasteiger partial charge in [-0.15, -0.1) is 0 Å². The van der Waals surface area contributed by atoms with Crippen LogP contribution in [0, 0.1) is 0 Å². The molecule has 180 valence electrons. The van der Waals surface area contributed by atoms with Gasteiger partial charge in [-0.25, -0.2) is 8.42 Å². The zero-order chi connectivity index (χ0) is 24.6. The second-order valence-corrected chi connectivity index (χ2v) is 13.3. The molecule has 0 unspecified atom stereocenters. The largest absolute Gasteiger partial charge is 0.497 e. The Labute approximate surface area is 199 Å². The van der Waals surface area contributed by atoms with Crippen LogP contribution in [0.4, 0.5) is 0 Å². The van der Waals surface area contributed by atoms with E-state index in [9.17, 15) is 13.2 Å². The van der Waals surface area contributed by atoms with Crippen LogP contribution in [-0.2, 0) is 31.9 Å². The molecule has 3 rings (SSSR count). The quantitative estimate of drug-likeness (QED) is 0.601. The minimum atomic E-state index is -3.45. The van der Waals surface area contributed by atoms with E-state index >= 15 is 0 Å². The standard InChI is InChI=1S/C27H37NO4S/c1-26(2,3)20-14-19(15-21(16-20)27(4,5)6)8-13-25(29)28-17-24(18-28)33(30,31)23-11-9-22(32-7)10-12-23/h9-12,14-16,24H,8,13,17-18H2,1-7H3. The first kappa shape index (κ1) is 25.3. The number of benzene rings is 2. The fraction of sp³-hybridized carbons (Fsp3) is 0.519. The lowest BCUT2D eigenvalue weighted by Gasteiger charge is -2.38. The van der Waals surface area contributed by atoms with Crippen molar-refractivity contribution in [3.05, 3.63) is 59.2 Å². The molecule has 0 atom stereocenters. The van der Waals surface area contributed by atoms with Crippen molar-refractivity contribution in [2.45, 2.75) is 75.4 Å². The molecule has 0 bridgehead atoms. The van der Waals surface area contributed by atoms with Crippen molar-refractivity contribution in [2.24, 2.45) is 0 Å². The Morgan fingerprint density at radius 3 is 1.91 bits per heavy atom. The number of rotatable bonds is 6. The molecule has 33 heavy (non-hydrogen) atoms. The first-order valence-corrected chi connectivity index (χ1v) is 13.1. The molecule has 1 saturated heterocycles. The molecule has 0 N–H and O–H groups in total. The molecule has 1 aliphatic rings. The van der Waals surface area contributed by atoms with Gasteiger partial charge in [0.15, 0.2) is 9.84 Å². The predicted octanol–water partition coefficient (Wildman–Crippen LogP) is 4.91. The van der Waals surface area contributed by atoms with E-state index in [0.717, 1.165) is 5.56 Å². The highest BCUT2D eigenvalue weighted by Gasteiger charge is 2.40. The maximum atomic E-state index is 12.8. The Balaban J connectivity index is 1.63. The van der Waals surface area contributed by atoms with Crippen LogP contribution in [0.2, 0.25) is 0 Å². The van der Waals surface area contributed by atoms with E-state index in [1.165, 1.54) is 11.1 Å². The smallest absolute Gasteiger partial charge is 0.222 e. The minimum absolute atomic E-state index is 0.00894. The number of carbonyl (C=O) groups is 1. The lowest BCUT2D eigenvalue weighted by molar-refractivity contribution is -0.134. The highest BCUT2D eigenvalue weighted by Crippen LogP contribution is 2.31.